The van der Waals surface area contributed by atoms with E-state index in [1.54, 1.807) is 0 Å². The number of hydrogen-bond donors (Lipinski definition) is 1. The fraction of sp³-hybridized carbons (Fsp3) is 0.800. The van der Waals surface area contributed by atoms with Crippen molar-refractivity contribution in [3.8, 4) is 0 Å². The number of nitrogens with two attached hydrogens (primary N) is 1. The Balaban J connectivity index is 3.03. The molecule has 0 unspecified atom stereocenters. The topological polar surface area (TPSA) is 43.8 Å². The Bertz CT molecular complexity index is 351. The van der Waals surface area contributed by atoms with Gasteiger partial charge < -0.3 is 5.73 Å². The summed E-state index contributed by atoms with van der Waals surface area (Å²) in [5.74, 6) is 0.741. The summed E-state index contributed by atoms with van der Waals surface area (Å²) < 4.78 is 2.25. The van der Waals surface area contributed by atoms with Crippen molar-refractivity contribution in [2.75, 3.05) is 6.54 Å². The van der Waals surface area contributed by atoms with E-state index in [0.717, 1.165) is 38.3 Å². The molecule has 0 aliphatic rings. The standard InChI is InChI=1S/C15H29N3/c1-5-12(6-2)11-18-15(8-4)13(9-10-16)14(7-3)17-18/h12H,5-11,16H2,1-4H3. The Labute approximate surface area is 112 Å². The molecule has 1 aromatic rings. The lowest BCUT2D eigenvalue weighted by molar-refractivity contribution is 0.387. The van der Waals surface area contributed by atoms with Gasteiger partial charge in [-0.25, -0.2) is 0 Å². The minimum Gasteiger partial charge on any atom is -0.330 e. The predicted molar refractivity (Wildman–Crippen MR) is 77.8 cm³/mol. The van der Waals surface area contributed by atoms with Crippen molar-refractivity contribution in [1.82, 2.24) is 9.78 Å². The van der Waals surface area contributed by atoms with Crippen LogP contribution in [0.4, 0.5) is 0 Å². The normalized spacial score (nSPS) is 11.4. The van der Waals surface area contributed by atoms with Crippen molar-refractivity contribution in [3.63, 3.8) is 0 Å². The SMILES string of the molecule is CCc1nn(CC(CC)CC)c(CC)c1CCN. The summed E-state index contributed by atoms with van der Waals surface area (Å²) in [7, 11) is 0. The van der Waals surface area contributed by atoms with Gasteiger partial charge in [-0.15, -0.1) is 0 Å². The lowest BCUT2D eigenvalue weighted by atomic mass is 10.0. The lowest BCUT2D eigenvalue weighted by Crippen LogP contribution is -2.14. The third kappa shape index (κ3) is 3.35. The highest BCUT2D eigenvalue weighted by molar-refractivity contribution is 5.27. The van der Waals surface area contributed by atoms with Crippen LogP contribution in [0.5, 0.6) is 0 Å². The second-order valence-corrected chi connectivity index (χ2v) is 4.98. The van der Waals surface area contributed by atoms with E-state index in [9.17, 15) is 0 Å². The third-order valence-electron chi connectivity index (χ3n) is 3.90. The minimum absolute atomic E-state index is 0.719. The molecule has 3 heteroatoms. The first kappa shape index (κ1) is 15.2. The maximum absolute atomic E-state index is 5.73. The molecule has 0 saturated carbocycles. The fourth-order valence-electron chi connectivity index (χ4n) is 2.64. The summed E-state index contributed by atoms with van der Waals surface area (Å²) in [5, 5.41) is 4.81. The van der Waals surface area contributed by atoms with E-state index in [2.05, 4.69) is 32.4 Å². The van der Waals surface area contributed by atoms with Gasteiger partial charge in [0.25, 0.3) is 0 Å². The van der Waals surface area contributed by atoms with Gasteiger partial charge in [0.2, 0.25) is 0 Å². The first-order valence-electron chi connectivity index (χ1n) is 7.49. The Morgan fingerprint density at radius 3 is 2.22 bits per heavy atom. The monoisotopic (exact) mass is 251 g/mol. The summed E-state index contributed by atoms with van der Waals surface area (Å²) in [5.41, 5.74) is 9.80. The van der Waals surface area contributed by atoms with Gasteiger partial charge in [0, 0.05) is 12.2 Å². The van der Waals surface area contributed by atoms with Crippen LogP contribution in [-0.4, -0.2) is 16.3 Å². The molecular weight excluding hydrogens is 222 g/mol. The molecule has 0 saturated heterocycles. The molecule has 2 N–H and O–H groups in total. The van der Waals surface area contributed by atoms with Crippen molar-refractivity contribution in [2.24, 2.45) is 11.7 Å². The van der Waals surface area contributed by atoms with Crippen LogP contribution in [0.15, 0.2) is 0 Å². The number of aryl methyl sites for hydroxylation is 1. The molecule has 0 amide bonds. The van der Waals surface area contributed by atoms with Crippen LogP contribution in [-0.2, 0) is 25.8 Å². The molecular formula is C15H29N3. The van der Waals surface area contributed by atoms with Crippen molar-refractivity contribution < 1.29 is 0 Å². The Morgan fingerprint density at radius 2 is 1.78 bits per heavy atom. The van der Waals surface area contributed by atoms with E-state index < -0.39 is 0 Å². The van der Waals surface area contributed by atoms with Crippen LogP contribution >= 0.6 is 0 Å². The zero-order valence-corrected chi connectivity index (χ0v) is 12.5. The molecule has 0 bridgehead atoms. The summed E-state index contributed by atoms with van der Waals surface area (Å²) >= 11 is 0. The molecule has 0 spiro atoms. The molecule has 104 valence electrons. The van der Waals surface area contributed by atoms with Gasteiger partial charge >= 0.3 is 0 Å². The zero-order chi connectivity index (χ0) is 13.5. The van der Waals surface area contributed by atoms with E-state index in [4.69, 9.17) is 10.8 Å². The summed E-state index contributed by atoms with van der Waals surface area (Å²) in [6, 6.07) is 0. The molecule has 18 heavy (non-hydrogen) atoms. The van der Waals surface area contributed by atoms with Gasteiger partial charge in [-0.2, -0.15) is 5.10 Å². The quantitative estimate of drug-likeness (QED) is 0.772. The van der Waals surface area contributed by atoms with Crippen molar-refractivity contribution in [1.29, 1.82) is 0 Å². The van der Waals surface area contributed by atoms with Gasteiger partial charge in [0.1, 0.15) is 0 Å². The molecule has 1 aromatic heterocycles. The Kier molecular flexibility index (Phi) is 6.41. The van der Waals surface area contributed by atoms with Gasteiger partial charge in [0.15, 0.2) is 0 Å². The van der Waals surface area contributed by atoms with Crippen molar-refractivity contribution >= 4 is 0 Å². The van der Waals surface area contributed by atoms with E-state index in [-0.39, 0.29) is 0 Å². The number of hydrogen-bond acceptors (Lipinski definition) is 2. The second kappa shape index (κ2) is 7.57. The Hall–Kier alpha value is -0.830. The summed E-state index contributed by atoms with van der Waals surface area (Å²) in [4.78, 5) is 0. The molecule has 1 heterocycles. The van der Waals surface area contributed by atoms with Crippen molar-refractivity contribution in [2.45, 2.75) is 66.3 Å². The maximum Gasteiger partial charge on any atom is 0.0657 e. The van der Waals surface area contributed by atoms with E-state index in [0.29, 0.717) is 0 Å². The molecule has 0 atom stereocenters. The average Bonchev–Trinajstić information content (AvgIpc) is 2.73. The number of rotatable bonds is 8. The summed E-state index contributed by atoms with van der Waals surface area (Å²) in [6.07, 6.45) is 5.50. The minimum atomic E-state index is 0.719. The number of aromatic nitrogens is 2. The van der Waals surface area contributed by atoms with Crippen LogP contribution in [0.3, 0.4) is 0 Å². The van der Waals surface area contributed by atoms with Gasteiger partial charge in [0.05, 0.1) is 5.69 Å². The van der Waals surface area contributed by atoms with Crippen LogP contribution in [0.25, 0.3) is 0 Å². The van der Waals surface area contributed by atoms with Gasteiger partial charge in [-0.3, -0.25) is 4.68 Å². The smallest absolute Gasteiger partial charge is 0.0657 e. The highest BCUT2D eigenvalue weighted by atomic mass is 15.3. The maximum atomic E-state index is 5.73. The lowest BCUT2D eigenvalue weighted by Gasteiger charge is -2.14. The van der Waals surface area contributed by atoms with Gasteiger partial charge in [-0.1, -0.05) is 40.5 Å². The highest BCUT2D eigenvalue weighted by Crippen LogP contribution is 2.20. The second-order valence-electron chi connectivity index (χ2n) is 4.98. The highest BCUT2D eigenvalue weighted by Gasteiger charge is 2.16. The molecule has 1 rings (SSSR count). The summed E-state index contributed by atoms with van der Waals surface area (Å²) in [6.45, 7) is 10.7. The average molecular weight is 251 g/mol. The first-order chi connectivity index (χ1) is 8.71. The number of nitrogens with zero attached hydrogens (tertiary/aromatic N) is 2. The predicted octanol–water partition coefficient (Wildman–Crippen LogP) is 2.95. The fourth-order valence-corrected chi connectivity index (χ4v) is 2.64. The van der Waals surface area contributed by atoms with Crippen molar-refractivity contribution in [3.05, 3.63) is 17.0 Å². The first-order valence-corrected chi connectivity index (χ1v) is 7.49. The van der Waals surface area contributed by atoms with E-state index >= 15 is 0 Å². The van der Waals surface area contributed by atoms with Gasteiger partial charge in [-0.05, 0) is 37.3 Å². The largest absolute Gasteiger partial charge is 0.330 e. The van der Waals surface area contributed by atoms with Crippen LogP contribution in [0.1, 0.15) is 57.5 Å². The zero-order valence-electron chi connectivity index (χ0n) is 12.5. The molecule has 0 aliphatic heterocycles. The molecule has 0 aromatic carbocycles. The van der Waals surface area contributed by atoms with E-state index in [1.807, 2.05) is 0 Å². The molecule has 0 aliphatic carbocycles. The third-order valence-corrected chi connectivity index (χ3v) is 3.90. The molecule has 3 nitrogen and oxygen atoms in total. The molecule has 0 fully saturated rings. The Morgan fingerprint density at radius 1 is 1.11 bits per heavy atom. The van der Waals surface area contributed by atoms with E-state index in [1.165, 1.54) is 29.8 Å². The van der Waals surface area contributed by atoms with Crippen LogP contribution in [0, 0.1) is 5.92 Å². The molecule has 0 radical (unpaired) electrons. The van der Waals surface area contributed by atoms with Crippen LogP contribution in [0.2, 0.25) is 0 Å². The van der Waals surface area contributed by atoms with Crippen LogP contribution < -0.4 is 5.73 Å².